The van der Waals surface area contributed by atoms with Crippen molar-refractivity contribution in [3.05, 3.63) is 0 Å². The normalized spacial score (nSPS) is 15.5. The van der Waals surface area contributed by atoms with E-state index in [1.165, 1.54) is 12.8 Å². The second-order valence-electron chi connectivity index (χ2n) is 1.52. The Morgan fingerprint density at radius 1 is 1.20 bits per heavy atom. The molecule has 1 fully saturated rings. The number of rotatable bonds is 0. The number of hydrogen-bond donors (Lipinski definition) is 0. The minimum Gasteiger partial charge on any atom is -0.784 e. The molecule has 0 atom stereocenters. The molecule has 0 aliphatic carbocycles. The second-order valence-corrected chi connectivity index (χ2v) is 1.93. The summed E-state index contributed by atoms with van der Waals surface area (Å²) in [6, 6.07) is 0. The van der Waals surface area contributed by atoms with Gasteiger partial charge in [-0.05, 0) is 12.8 Å². The summed E-state index contributed by atoms with van der Waals surface area (Å²) in [5.41, 5.74) is 0. The van der Waals surface area contributed by atoms with Crippen molar-refractivity contribution in [3.8, 4) is 0 Å². The van der Waals surface area contributed by atoms with E-state index in [1.807, 2.05) is 0 Å². The molecule has 0 spiro atoms. The fourth-order valence-corrected chi connectivity index (χ4v) is 0.510. The van der Waals surface area contributed by atoms with Gasteiger partial charge < -0.3 is 13.8 Å². The molecule has 6 heteroatoms. The molecule has 0 aromatic heterocycles. The van der Waals surface area contributed by atoms with Crippen LogP contribution in [-0.4, -0.2) is 26.5 Å². The van der Waals surface area contributed by atoms with Gasteiger partial charge in [0.15, 0.2) is 0 Å². The maximum Gasteiger partial charge on any atom is 1.00 e. The Hall–Kier alpha value is 1.03. The van der Waals surface area contributed by atoms with Gasteiger partial charge in [0.25, 0.3) is 0 Å². The molecule has 56 valence electrons. The maximum atomic E-state index is 8.44. The van der Waals surface area contributed by atoms with Gasteiger partial charge in [-0.3, -0.25) is 4.21 Å². The molecule has 0 aromatic carbocycles. The van der Waals surface area contributed by atoms with Gasteiger partial charge in [-0.1, -0.05) is 0 Å². The third-order valence-corrected chi connectivity index (χ3v) is 0.827. The third kappa shape index (κ3) is 16.0. The predicted octanol–water partition coefficient (Wildman–Crippen LogP) is -3.20. The molecule has 0 unspecified atom stereocenters. The molecule has 0 amide bonds. The van der Waals surface area contributed by atoms with Gasteiger partial charge in [-0.15, -0.1) is 11.4 Å². The first-order chi connectivity index (χ1) is 4.23. The van der Waals surface area contributed by atoms with Gasteiger partial charge in [0.2, 0.25) is 0 Å². The Balaban J connectivity index is 0. The summed E-state index contributed by atoms with van der Waals surface area (Å²) in [6.07, 6.45) is 2.56. The number of hydrogen-bond acceptors (Lipinski definition) is 4. The van der Waals surface area contributed by atoms with Crippen LogP contribution in [0.5, 0.6) is 0 Å². The molecule has 1 rings (SSSR count). The summed E-state index contributed by atoms with van der Waals surface area (Å²) in [5, 5.41) is 0. The molecular formula is C4H8NaO4S-. The van der Waals surface area contributed by atoms with Crippen LogP contribution in [0.3, 0.4) is 0 Å². The van der Waals surface area contributed by atoms with Crippen molar-refractivity contribution in [1.29, 1.82) is 0 Å². The van der Waals surface area contributed by atoms with Gasteiger partial charge >= 0.3 is 29.6 Å². The second kappa shape index (κ2) is 10.0. The average molecular weight is 175 g/mol. The first-order valence-electron chi connectivity index (χ1n) is 2.58. The zero-order chi connectivity index (χ0) is 7.11. The van der Waals surface area contributed by atoms with Crippen molar-refractivity contribution in [2.75, 3.05) is 13.2 Å². The van der Waals surface area contributed by atoms with E-state index in [4.69, 9.17) is 18.1 Å². The van der Waals surface area contributed by atoms with Gasteiger partial charge in [0, 0.05) is 13.2 Å². The molecule has 1 aliphatic heterocycles. The molecule has 0 saturated carbocycles. The van der Waals surface area contributed by atoms with Crippen LogP contribution in [0, 0.1) is 0 Å². The monoisotopic (exact) mass is 175 g/mol. The summed E-state index contributed by atoms with van der Waals surface area (Å²) >= 11 is -3.11. The summed E-state index contributed by atoms with van der Waals surface area (Å²) in [7, 11) is 0. The Bertz CT molecular complexity index is 73.7. The summed E-state index contributed by atoms with van der Waals surface area (Å²) in [4.78, 5) is 0. The largest absolute Gasteiger partial charge is 1.00 e. The van der Waals surface area contributed by atoms with E-state index in [1.54, 1.807) is 0 Å². The van der Waals surface area contributed by atoms with Crippen LogP contribution in [0.2, 0.25) is 0 Å². The van der Waals surface area contributed by atoms with Gasteiger partial charge in [0.1, 0.15) is 0 Å². The van der Waals surface area contributed by atoms with E-state index in [0.29, 0.717) is 0 Å². The van der Waals surface area contributed by atoms with E-state index in [2.05, 4.69) is 0 Å². The number of ether oxygens (including phenoxy) is 1. The molecular weight excluding hydrogens is 167 g/mol. The molecule has 10 heavy (non-hydrogen) atoms. The molecule has 4 nitrogen and oxygen atoms in total. The average Bonchev–Trinajstić information content (AvgIpc) is 2.11. The van der Waals surface area contributed by atoms with Gasteiger partial charge in [-0.2, -0.15) is 0 Å². The smallest absolute Gasteiger partial charge is 0.784 e. The van der Waals surface area contributed by atoms with E-state index in [0.717, 1.165) is 13.2 Å². The molecule has 0 N–H and O–H groups in total. The Kier molecular flexibility index (Phi) is 13.6. The molecule has 1 saturated heterocycles. The minimum atomic E-state index is -3.11. The van der Waals surface area contributed by atoms with E-state index < -0.39 is 11.4 Å². The SMILES string of the molecule is C1CCOC1.O=S([O-])[O-].[Na+]. The van der Waals surface area contributed by atoms with Crippen LogP contribution in [0.4, 0.5) is 0 Å². The van der Waals surface area contributed by atoms with Crippen LogP contribution in [0.1, 0.15) is 12.8 Å². The van der Waals surface area contributed by atoms with E-state index >= 15 is 0 Å². The molecule has 0 bridgehead atoms. The standard InChI is InChI=1S/C4H8O.Na.H2O3S/c1-2-4-5-3-1;;1-4(2)3/h1-4H2;;(H2,1,2,3)/q;+1;/p-2. The first kappa shape index (κ1) is 13.6. The topological polar surface area (TPSA) is 72.4 Å². The molecule has 0 aromatic rings. The van der Waals surface area contributed by atoms with Crippen LogP contribution < -0.4 is 29.6 Å². The van der Waals surface area contributed by atoms with Gasteiger partial charge in [-0.25, -0.2) is 0 Å². The molecule has 1 heterocycles. The molecule has 0 radical (unpaired) electrons. The van der Waals surface area contributed by atoms with Crippen LogP contribution >= 0.6 is 0 Å². The summed E-state index contributed by atoms with van der Waals surface area (Å²) < 4.78 is 30.3. The Morgan fingerprint density at radius 3 is 1.60 bits per heavy atom. The van der Waals surface area contributed by atoms with Gasteiger partial charge in [0.05, 0.1) is 0 Å². The zero-order valence-electron chi connectivity index (χ0n) is 5.87. The fraction of sp³-hybridized carbons (Fsp3) is 1.00. The summed E-state index contributed by atoms with van der Waals surface area (Å²) in [6.45, 7) is 2.00. The van der Waals surface area contributed by atoms with Crippen LogP contribution in [0.25, 0.3) is 0 Å². The minimum absolute atomic E-state index is 0. The Labute approximate surface area is 84.7 Å². The van der Waals surface area contributed by atoms with Crippen molar-refractivity contribution >= 4 is 11.4 Å². The third-order valence-electron chi connectivity index (χ3n) is 0.827. The van der Waals surface area contributed by atoms with Crippen LogP contribution in [-0.2, 0) is 16.1 Å². The van der Waals surface area contributed by atoms with Crippen molar-refractivity contribution < 1.29 is 47.6 Å². The Morgan fingerprint density at radius 2 is 1.50 bits per heavy atom. The van der Waals surface area contributed by atoms with E-state index in [-0.39, 0.29) is 29.6 Å². The molecule has 1 aliphatic rings. The summed E-state index contributed by atoms with van der Waals surface area (Å²) in [5.74, 6) is 0. The van der Waals surface area contributed by atoms with Crippen molar-refractivity contribution in [2.24, 2.45) is 0 Å². The maximum absolute atomic E-state index is 8.44. The van der Waals surface area contributed by atoms with Crippen molar-refractivity contribution in [2.45, 2.75) is 12.8 Å². The predicted molar refractivity (Wildman–Crippen MR) is 29.8 cm³/mol. The first-order valence-corrected chi connectivity index (χ1v) is 3.58. The fourth-order valence-electron chi connectivity index (χ4n) is 0.510. The van der Waals surface area contributed by atoms with Crippen molar-refractivity contribution in [1.82, 2.24) is 0 Å². The van der Waals surface area contributed by atoms with Crippen molar-refractivity contribution in [3.63, 3.8) is 0 Å². The quantitative estimate of drug-likeness (QED) is 0.287. The van der Waals surface area contributed by atoms with E-state index in [9.17, 15) is 0 Å². The van der Waals surface area contributed by atoms with Crippen LogP contribution in [0.15, 0.2) is 0 Å². The zero-order valence-corrected chi connectivity index (χ0v) is 8.69.